The molecule has 4 aromatic heterocycles. The number of rotatable bonds is 3. The molecule has 0 radical (unpaired) electrons. The van der Waals surface area contributed by atoms with Crippen molar-refractivity contribution in [1.29, 1.82) is 0 Å². The number of nitrogens with zero attached hydrogens (tertiary/aromatic N) is 6. The van der Waals surface area contributed by atoms with Gasteiger partial charge in [0.2, 0.25) is 0 Å². The van der Waals surface area contributed by atoms with Crippen LogP contribution in [-0.2, 0) is 6.54 Å². The van der Waals surface area contributed by atoms with Crippen LogP contribution in [0.2, 0.25) is 0 Å². The lowest BCUT2D eigenvalue weighted by Crippen LogP contribution is -2.08. The summed E-state index contributed by atoms with van der Waals surface area (Å²) >= 11 is 0. The topological polar surface area (TPSA) is 107 Å². The molecule has 8 heteroatoms. The van der Waals surface area contributed by atoms with Crippen LogP contribution in [0.5, 0.6) is 0 Å². The van der Waals surface area contributed by atoms with E-state index in [9.17, 15) is 0 Å². The Morgan fingerprint density at radius 3 is 2.95 bits per heavy atom. The van der Waals surface area contributed by atoms with E-state index in [1.54, 1.807) is 23.0 Å². The van der Waals surface area contributed by atoms with Crippen LogP contribution in [0.1, 0.15) is 5.69 Å². The highest BCUT2D eigenvalue weighted by Crippen LogP contribution is 2.19. The predicted molar refractivity (Wildman–Crippen MR) is 82.1 cm³/mol. The fourth-order valence-electron chi connectivity index (χ4n) is 2.29. The summed E-state index contributed by atoms with van der Waals surface area (Å²) in [6.07, 6.45) is 4.94. The van der Waals surface area contributed by atoms with E-state index in [0.29, 0.717) is 23.8 Å². The zero-order valence-corrected chi connectivity index (χ0v) is 11.5. The van der Waals surface area contributed by atoms with E-state index in [-0.39, 0.29) is 0 Å². The number of hydrogen-bond acceptors (Lipinski definition) is 7. The normalized spacial score (nSPS) is 11.1. The summed E-state index contributed by atoms with van der Waals surface area (Å²) in [5, 5.41) is 8.36. The second kappa shape index (κ2) is 4.92. The van der Waals surface area contributed by atoms with Gasteiger partial charge in [0.05, 0.1) is 23.8 Å². The molecule has 0 atom stereocenters. The van der Waals surface area contributed by atoms with Gasteiger partial charge in [0.25, 0.3) is 0 Å². The molecule has 4 heterocycles. The van der Waals surface area contributed by atoms with Gasteiger partial charge in [0.15, 0.2) is 11.3 Å². The number of nitrogens with two attached hydrogens (primary N) is 1. The SMILES string of the molecule is Nc1ccc2c(NCc3ccnc4ccnn34)ncnc2n1. The molecule has 0 amide bonds. The molecule has 0 aliphatic carbocycles. The minimum atomic E-state index is 0.435. The molecule has 0 unspecified atom stereocenters. The molecule has 0 fully saturated rings. The minimum absolute atomic E-state index is 0.435. The van der Waals surface area contributed by atoms with Crippen molar-refractivity contribution in [3.63, 3.8) is 0 Å². The van der Waals surface area contributed by atoms with E-state index in [0.717, 1.165) is 16.7 Å². The van der Waals surface area contributed by atoms with Crippen molar-refractivity contribution in [2.75, 3.05) is 11.1 Å². The third-order valence-corrected chi connectivity index (χ3v) is 3.32. The maximum atomic E-state index is 5.68. The van der Waals surface area contributed by atoms with E-state index in [1.165, 1.54) is 6.33 Å². The van der Waals surface area contributed by atoms with Crippen LogP contribution in [0.4, 0.5) is 11.6 Å². The summed E-state index contributed by atoms with van der Waals surface area (Å²) in [5.74, 6) is 1.14. The van der Waals surface area contributed by atoms with Gasteiger partial charge in [-0.1, -0.05) is 0 Å². The van der Waals surface area contributed by atoms with Crippen LogP contribution in [0.25, 0.3) is 16.7 Å². The minimum Gasteiger partial charge on any atom is -0.384 e. The number of fused-ring (bicyclic) bond motifs is 2. The summed E-state index contributed by atoms with van der Waals surface area (Å²) in [6.45, 7) is 0.553. The van der Waals surface area contributed by atoms with Crippen molar-refractivity contribution < 1.29 is 0 Å². The van der Waals surface area contributed by atoms with Gasteiger partial charge in [-0.3, -0.25) is 0 Å². The fraction of sp³-hybridized carbons (Fsp3) is 0.0714. The largest absolute Gasteiger partial charge is 0.384 e. The first-order chi connectivity index (χ1) is 10.8. The Balaban J connectivity index is 1.68. The molecular formula is C14H12N8. The smallest absolute Gasteiger partial charge is 0.166 e. The average Bonchev–Trinajstić information content (AvgIpc) is 3.01. The number of aromatic nitrogens is 6. The molecule has 4 rings (SSSR count). The number of nitrogen functional groups attached to an aromatic ring is 1. The van der Waals surface area contributed by atoms with E-state index in [1.807, 2.05) is 18.2 Å². The van der Waals surface area contributed by atoms with Gasteiger partial charge >= 0.3 is 0 Å². The predicted octanol–water partition coefficient (Wildman–Crippen LogP) is 1.26. The Kier molecular flexibility index (Phi) is 2.78. The lowest BCUT2D eigenvalue weighted by Gasteiger charge is -2.09. The zero-order valence-electron chi connectivity index (χ0n) is 11.5. The molecule has 0 spiro atoms. The monoisotopic (exact) mass is 292 g/mol. The Morgan fingerprint density at radius 2 is 2.00 bits per heavy atom. The highest BCUT2D eigenvalue weighted by atomic mass is 15.3. The van der Waals surface area contributed by atoms with Gasteiger partial charge in [0, 0.05) is 12.3 Å². The Bertz CT molecular complexity index is 961. The molecule has 0 aromatic carbocycles. The Morgan fingerprint density at radius 1 is 1.05 bits per heavy atom. The van der Waals surface area contributed by atoms with Gasteiger partial charge in [-0.15, -0.1) is 0 Å². The van der Waals surface area contributed by atoms with Crippen molar-refractivity contribution in [2.45, 2.75) is 6.54 Å². The first kappa shape index (κ1) is 12.5. The third kappa shape index (κ3) is 2.06. The quantitative estimate of drug-likeness (QED) is 0.585. The molecule has 0 saturated heterocycles. The van der Waals surface area contributed by atoms with Gasteiger partial charge in [-0.2, -0.15) is 5.10 Å². The number of nitrogens with one attached hydrogen (secondary N) is 1. The first-order valence-corrected chi connectivity index (χ1v) is 6.70. The molecule has 8 nitrogen and oxygen atoms in total. The summed E-state index contributed by atoms with van der Waals surface area (Å²) < 4.78 is 1.78. The van der Waals surface area contributed by atoms with Gasteiger partial charge in [0.1, 0.15) is 18.0 Å². The Hall–Kier alpha value is -3.29. The molecular weight excluding hydrogens is 280 g/mol. The number of hydrogen-bond donors (Lipinski definition) is 2. The second-order valence-electron chi connectivity index (χ2n) is 4.72. The van der Waals surface area contributed by atoms with Crippen LogP contribution in [0.15, 0.2) is 43.0 Å². The maximum Gasteiger partial charge on any atom is 0.166 e. The summed E-state index contributed by atoms with van der Waals surface area (Å²) in [4.78, 5) is 16.8. The maximum absolute atomic E-state index is 5.68. The first-order valence-electron chi connectivity index (χ1n) is 6.70. The second-order valence-corrected chi connectivity index (χ2v) is 4.72. The third-order valence-electron chi connectivity index (χ3n) is 3.32. The van der Waals surface area contributed by atoms with Crippen LogP contribution >= 0.6 is 0 Å². The highest BCUT2D eigenvalue weighted by molar-refractivity contribution is 5.86. The molecule has 0 aliphatic rings. The van der Waals surface area contributed by atoms with Crippen molar-refractivity contribution >= 4 is 28.3 Å². The van der Waals surface area contributed by atoms with Gasteiger partial charge in [-0.05, 0) is 18.2 Å². The van der Waals surface area contributed by atoms with E-state index in [2.05, 4.69) is 30.4 Å². The highest BCUT2D eigenvalue weighted by Gasteiger charge is 2.07. The fourth-order valence-corrected chi connectivity index (χ4v) is 2.29. The zero-order chi connectivity index (χ0) is 14.9. The summed E-state index contributed by atoms with van der Waals surface area (Å²) in [6, 6.07) is 7.36. The van der Waals surface area contributed by atoms with Crippen LogP contribution in [0.3, 0.4) is 0 Å². The summed E-state index contributed by atoms with van der Waals surface area (Å²) in [7, 11) is 0. The molecule has 4 aromatic rings. The molecule has 0 aliphatic heterocycles. The summed E-state index contributed by atoms with van der Waals surface area (Å²) in [5.41, 5.74) is 8.03. The molecule has 0 saturated carbocycles. The standard InChI is InChI=1S/C14H12N8/c15-11-2-1-10-13(18-8-19-14(10)21-11)17-7-9-3-5-16-12-4-6-20-22(9)12/h1-6,8H,7H2,(H3,15,17,18,19,21). The molecule has 3 N–H and O–H groups in total. The Labute approximate surface area is 125 Å². The van der Waals surface area contributed by atoms with Crippen LogP contribution < -0.4 is 11.1 Å². The van der Waals surface area contributed by atoms with Crippen molar-refractivity contribution in [1.82, 2.24) is 29.5 Å². The molecule has 108 valence electrons. The average molecular weight is 292 g/mol. The number of pyridine rings is 1. The molecule has 22 heavy (non-hydrogen) atoms. The number of anilines is 2. The van der Waals surface area contributed by atoms with Gasteiger partial charge in [-0.25, -0.2) is 24.5 Å². The van der Waals surface area contributed by atoms with Crippen molar-refractivity contribution in [2.24, 2.45) is 0 Å². The van der Waals surface area contributed by atoms with Crippen molar-refractivity contribution in [3.05, 3.63) is 48.7 Å². The van der Waals surface area contributed by atoms with E-state index in [4.69, 9.17) is 5.73 Å². The lowest BCUT2D eigenvalue weighted by molar-refractivity contribution is 0.852. The van der Waals surface area contributed by atoms with Gasteiger partial charge < -0.3 is 11.1 Å². The molecule has 0 bridgehead atoms. The van der Waals surface area contributed by atoms with Crippen LogP contribution in [0, 0.1) is 0 Å². The lowest BCUT2D eigenvalue weighted by atomic mass is 10.3. The van der Waals surface area contributed by atoms with Crippen LogP contribution in [-0.4, -0.2) is 29.5 Å². The van der Waals surface area contributed by atoms with Crippen molar-refractivity contribution in [3.8, 4) is 0 Å². The van der Waals surface area contributed by atoms with E-state index >= 15 is 0 Å². The van der Waals surface area contributed by atoms with E-state index < -0.39 is 0 Å².